The fourth-order valence-electron chi connectivity index (χ4n) is 6.09. The largest absolute Gasteiger partial charge is 0.299 e. The van der Waals surface area contributed by atoms with Gasteiger partial charge in [0.25, 0.3) is 11.8 Å². The molecule has 0 radical (unpaired) electrons. The molecule has 2 aliphatic carbocycles. The summed E-state index contributed by atoms with van der Waals surface area (Å²) in [7, 11) is 0. The van der Waals surface area contributed by atoms with Gasteiger partial charge < -0.3 is 0 Å². The van der Waals surface area contributed by atoms with Crippen molar-refractivity contribution in [3.05, 3.63) is 130 Å². The zero-order valence-electron chi connectivity index (χ0n) is 22.6. The van der Waals surface area contributed by atoms with Crippen LogP contribution in [-0.2, 0) is 11.8 Å². The molecule has 2 aliphatic rings. The van der Waals surface area contributed by atoms with E-state index in [1.807, 2.05) is 0 Å². The number of carbonyl (C=O) groups is 2. The lowest BCUT2D eigenvalue weighted by molar-refractivity contribution is 0.0451. The number of hydrogen-bond acceptors (Lipinski definition) is 2. The number of ketones is 2. The molecule has 0 aromatic heterocycles. The van der Waals surface area contributed by atoms with Crippen molar-refractivity contribution in [1.82, 2.24) is 0 Å². The van der Waals surface area contributed by atoms with Gasteiger partial charge in [-0.05, 0) is 82.6 Å². The first-order valence-electron chi connectivity index (χ1n) is 13.4. The standard InChI is InChI=1S/C36H22F4O2/c1-19(41)21-3-7-23(8-4-21)25-11-13-27-29-17-34-30(18-33(29)35(37,38)31(27)15-25)28-14-12-26(16-32(28)36(34,39)40)24-9-5-22(6-10-24)20(2)42/h3-18H,1-2H3. The lowest BCUT2D eigenvalue weighted by Crippen LogP contribution is -2.13. The van der Waals surface area contributed by atoms with E-state index in [4.69, 9.17) is 0 Å². The van der Waals surface area contributed by atoms with Crippen molar-refractivity contribution in [2.75, 3.05) is 0 Å². The van der Waals surface area contributed by atoms with Crippen LogP contribution < -0.4 is 0 Å². The molecule has 5 aromatic carbocycles. The highest BCUT2D eigenvalue weighted by Crippen LogP contribution is 2.58. The first-order valence-corrected chi connectivity index (χ1v) is 13.4. The molecule has 0 aliphatic heterocycles. The number of rotatable bonds is 4. The molecule has 0 bridgehead atoms. The second kappa shape index (κ2) is 8.83. The van der Waals surface area contributed by atoms with Crippen molar-refractivity contribution >= 4 is 11.6 Å². The van der Waals surface area contributed by atoms with E-state index in [1.165, 1.54) is 38.1 Å². The number of halogens is 4. The van der Waals surface area contributed by atoms with Gasteiger partial charge in [0.2, 0.25) is 0 Å². The third-order valence-corrected chi connectivity index (χ3v) is 8.38. The minimum absolute atomic E-state index is 0.0940. The summed E-state index contributed by atoms with van der Waals surface area (Å²) < 4.78 is 63.8. The molecule has 6 heteroatoms. The normalized spacial score (nSPS) is 15.0. The maximum atomic E-state index is 16.0. The summed E-state index contributed by atoms with van der Waals surface area (Å²) >= 11 is 0. The molecule has 0 N–H and O–H groups in total. The van der Waals surface area contributed by atoms with Gasteiger partial charge in [-0.25, -0.2) is 0 Å². The average molecular weight is 563 g/mol. The van der Waals surface area contributed by atoms with Crippen LogP contribution in [0.15, 0.2) is 97.1 Å². The zero-order valence-corrected chi connectivity index (χ0v) is 22.6. The Morgan fingerprint density at radius 2 is 0.738 bits per heavy atom. The number of alkyl halides is 4. The molecule has 0 atom stereocenters. The highest BCUT2D eigenvalue weighted by atomic mass is 19.3. The van der Waals surface area contributed by atoms with Crippen LogP contribution in [0, 0.1) is 0 Å². The Labute approximate surface area is 239 Å². The van der Waals surface area contributed by atoms with E-state index >= 15 is 17.6 Å². The van der Waals surface area contributed by atoms with Crippen LogP contribution in [0.1, 0.15) is 56.8 Å². The summed E-state index contributed by atoms with van der Waals surface area (Å²) in [4.78, 5) is 23.2. The van der Waals surface area contributed by atoms with Gasteiger partial charge in [-0.2, -0.15) is 17.6 Å². The summed E-state index contributed by atoms with van der Waals surface area (Å²) in [5, 5.41) is 0. The molecule has 0 unspecified atom stereocenters. The van der Waals surface area contributed by atoms with Crippen LogP contribution in [0.3, 0.4) is 0 Å². The van der Waals surface area contributed by atoms with Gasteiger partial charge in [0, 0.05) is 33.4 Å². The average Bonchev–Trinajstić information content (AvgIpc) is 3.35. The Bertz CT molecular complexity index is 1830. The minimum atomic E-state index is -3.38. The van der Waals surface area contributed by atoms with E-state index in [-0.39, 0.29) is 56.1 Å². The Morgan fingerprint density at radius 3 is 1.07 bits per heavy atom. The van der Waals surface area contributed by atoms with Crippen molar-refractivity contribution in [3.8, 4) is 44.5 Å². The van der Waals surface area contributed by atoms with Crippen LogP contribution in [-0.4, -0.2) is 11.6 Å². The number of Topliss-reactive ketones (excluding diaryl/α,β-unsaturated/α-hetero) is 2. The summed E-state index contributed by atoms with van der Waals surface area (Å²) in [6.45, 7) is 2.91. The molecular formula is C36H22F4O2. The lowest BCUT2D eigenvalue weighted by Gasteiger charge is -2.15. The van der Waals surface area contributed by atoms with E-state index in [1.54, 1.807) is 72.8 Å². The number of hydrogen-bond donors (Lipinski definition) is 0. The van der Waals surface area contributed by atoms with Gasteiger partial charge in [0.15, 0.2) is 11.6 Å². The number of carbonyl (C=O) groups excluding carboxylic acids is 2. The van der Waals surface area contributed by atoms with E-state index < -0.39 is 11.8 Å². The smallest absolute Gasteiger partial charge is 0.295 e. The van der Waals surface area contributed by atoms with Gasteiger partial charge in [-0.15, -0.1) is 0 Å². The first kappa shape index (κ1) is 26.1. The first-order chi connectivity index (χ1) is 20.0. The molecule has 0 amide bonds. The maximum Gasteiger partial charge on any atom is 0.299 e. The predicted molar refractivity (Wildman–Crippen MR) is 154 cm³/mol. The summed E-state index contributed by atoms with van der Waals surface area (Å²) in [6.07, 6.45) is 0. The molecule has 42 heavy (non-hydrogen) atoms. The highest BCUT2D eigenvalue weighted by molar-refractivity contribution is 5.95. The van der Waals surface area contributed by atoms with Crippen LogP contribution in [0.25, 0.3) is 44.5 Å². The minimum Gasteiger partial charge on any atom is -0.295 e. The maximum absolute atomic E-state index is 16.0. The molecule has 0 saturated heterocycles. The van der Waals surface area contributed by atoms with E-state index in [0.29, 0.717) is 33.4 Å². The second-order valence-electron chi connectivity index (χ2n) is 10.9. The Balaban J connectivity index is 1.30. The van der Waals surface area contributed by atoms with Crippen molar-refractivity contribution in [2.24, 2.45) is 0 Å². The molecule has 0 spiro atoms. The third-order valence-electron chi connectivity index (χ3n) is 8.38. The van der Waals surface area contributed by atoms with Crippen molar-refractivity contribution in [2.45, 2.75) is 25.7 Å². The van der Waals surface area contributed by atoms with E-state index in [9.17, 15) is 9.59 Å². The van der Waals surface area contributed by atoms with Crippen molar-refractivity contribution in [3.63, 3.8) is 0 Å². The summed E-state index contributed by atoms with van der Waals surface area (Å²) in [5.41, 5.74) is 3.04. The van der Waals surface area contributed by atoms with Gasteiger partial charge in [0.05, 0.1) is 0 Å². The number of fused-ring (bicyclic) bond motifs is 6. The van der Waals surface area contributed by atoms with Gasteiger partial charge in [-0.1, -0.05) is 72.8 Å². The predicted octanol–water partition coefficient (Wildman–Crippen LogP) is 9.67. The lowest BCUT2D eigenvalue weighted by atomic mass is 9.96. The number of benzene rings is 5. The van der Waals surface area contributed by atoms with Crippen molar-refractivity contribution < 1.29 is 27.2 Å². The zero-order chi connectivity index (χ0) is 29.6. The topological polar surface area (TPSA) is 34.1 Å². The highest BCUT2D eigenvalue weighted by Gasteiger charge is 2.50. The van der Waals surface area contributed by atoms with Gasteiger partial charge in [0.1, 0.15) is 0 Å². The fourth-order valence-corrected chi connectivity index (χ4v) is 6.09. The molecule has 0 heterocycles. The second-order valence-corrected chi connectivity index (χ2v) is 10.9. The van der Waals surface area contributed by atoms with Crippen LogP contribution in [0.4, 0.5) is 17.6 Å². The monoisotopic (exact) mass is 562 g/mol. The Morgan fingerprint density at radius 1 is 0.429 bits per heavy atom. The van der Waals surface area contributed by atoms with E-state index in [2.05, 4.69) is 0 Å². The van der Waals surface area contributed by atoms with Crippen LogP contribution in [0.5, 0.6) is 0 Å². The van der Waals surface area contributed by atoms with Crippen molar-refractivity contribution in [1.29, 1.82) is 0 Å². The molecule has 2 nitrogen and oxygen atoms in total. The summed E-state index contributed by atoms with van der Waals surface area (Å²) in [6, 6.07) is 25.1. The molecule has 7 rings (SSSR count). The Kier molecular flexibility index (Phi) is 5.48. The van der Waals surface area contributed by atoms with Crippen LogP contribution >= 0.6 is 0 Å². The Hall–Kier alpha value is -4.84. The van der Waals surface area contributed by atoms with Crippen LogP contribution in [0.2, 0.25) is 0 Å². The SMILES string of the molecule is CC(=O)c1ccc(-c2ccc3c(c2)C(F)(F)c2cc4c(cc2-3)C(F)(F)c2cc(-c3ccc(C(C)=O)cc3)ccc2-4)cc1. The fraction of sp³-hybridized carbons (Fsp3) is 0.111. The molecular weight excluding hydrogens is 540 g/mol. The molecule has 5 aromatic rings. The molecule has 0 fully saturated rings. The van der Waals surface area contributed by atoms with Gasteiger partial charge >= 0.3 is 0 Å². The summed E-state index contributed by atoms with van der Waals surface area (Å²) in [5.74, 6) is -6.95. The quantitative estimate of drug-likeness (QED) is 0.161. The van der Waals surface area contributed by atoms with Gasteiger partial charge in [-0.3, -0.25) is 9.59 Å². The van der Waals surface area contributed by atoms with E-state index in [0.717, 1.165) is 0 Å². The molecule has 206 valence electrons. The third kappa shape index (κ3) is 3.71. The molecule has 0 saturated carbocycles.